The summed E-state index contributed by atoms with van der Waals surface area (Å²) in [6, 6.07) is 8.19. The van der Waals surface area contributed by atoms with Crippen LogP contribution in [0.4, 0.5) is 18.9 Å². The minimum Gasteiger partial charge on any atom is -0.390 e. The highest BCUT2D eigenvalue weighted by Crippen LogP contribution is 2.31. The second-order valence-electron chi connectivity index (χ2n) is 5.14. The molecule has 0 aliphatic heterocycles. The molecule has 1 aromatic heterocycles. The Morgan fingerprint density at radius 1 is 1.24 bits per heavy atom. The molecule has 0 unspecified atom stereocenters. The van der Waals surface area contributed by atoms with E-state index in [-0.39, 0.29) is 12.6 Å². The van der Waals surface area contributed by atoms with Crippen molar-refractivity contribution in [3.8, 4) is 0 Å². The molecule has 0 saturated heterocycles. The van der Waals surface area contributed by atoms with Crippen LogP contribution in [0.15, 0.2) is 30.3 Å². The molecular formula is C15H17F3N2O. The first-order valence-corrected chi connectivity index (χ1v) is 6.64. The molecule has 1 aromatic carbocycles. The number of anilines is 1. The van der Waals surface area contributed by atoms with E-state index in [4.69, 9.17) is 0 Å². The maximum Gasteiger partial charge on any atom is 0.405 e. The van der Waals surface area contributed by atoms with Crippen LogP contribution in [0.5, 0.6) is 0 Å². The zero-order valence-corrected chi connectivity index (χ0v) is 11.9. The molecule has 0 bridgehead atoms. The number of benzene rings is 1. The number of pyridine rings is 1. The van der Waals surface area contributed by atoms with Gasteiger partial charge in [-0.1, -0.05) is 18.2 Å². The SMILES string of the molecule is CC(C)N(CC(F)(F)F)c1cc(CO)nc2ccccc12. The molecular weight excluding hydrogens is 281 g/mol. The van der Waals surface area contributed by atoms with Crippen LogP contribution in [0.2, 0.25) is 0 Å². The van der Waals surface area contributed by atoms with Crippen molar-refractivity contribution in [2.45, 2.75) is 32.7 Å². The third-order valence-corrected chi connectivity index (χ3v) is 3.19. The highest BCUT2D eigenvalue weighted by atomic mass is 19.4. The zero-order valence-electron chi connectivity index (χ0n) is 11.9. The first kappa shape index (κ1) is 15.6. The van der Waals surface area contributed by atoms with Crippen molar-refractivity contribution in [1.29, 1.82) is 0 Å². The molecule has 1 heterocycles. The normalized spacial score (nSPS) is 12.1. The van der Waals surface area contributed by atoms with Gasteiger partial charge in [0.2, 0.25) is 0 Å². The average Bonchev–Trinajstić information content (AvgIpc) is 2.42. The monoisotopic (exact) mass is 298 g/mol. The van der Waals surface area contributed by atoms with E-state index >= 15 is 0 Å². The molecule has 114 valence electrons. The van der Waals surface area contributed by atoms with Crippen molar-refractivity contribution >= 4 is 16.6 Å². The van der Waals surface area contributed by atoms with E-state index in [9.17, 15) is 18.3 Å². The maximum absolute atomic E-state index is 12.8. The molecule has 0 aliphatic rings. The number of halogens is 3. The van der Waals surface area contributed by atoms with Gasteiger partial charge in [0.1, 0.15) is 6.54 Å². The van der Waals surface area contributed by atoms with Crippen LogP contribution in [0.25, 0.3) is 10.9 Å². The summed E-state index contributed by atoms with van der Waals surface area (Å²) in [5, 5.41) is 9.92. The van der Waals surface area contributed by atoms with Crippen molar-refractivity contribution in [1.82, 2.24) is 4.98 Å². The Morgan fingerprint density at radius 2 is 1.90 bits per heavy atom. The van der Waals surface area contributed by atoms with Crippen LogP contribution in [0.3, 0.4) is 0 Å². The van der Waals surface area contributed by atoms with Crippen LogP contribution in [0, 0.1) is 0 Å². The maximum atomic E-state index is 12.8. The smallest absolute Gasteiger partial charge is 0.390 e. The summed E-state index contributed by atoms with van der Waals surface area (Å²) in [7, 11) is 0. The van der Waals surface area contributed by atoms with E-state index in [1.165, 1.54) is 11.0 Å². The molecule has 3 nitrogen and oxygen atoms in total. The van der Waals surface area contributed by atoms with Crippen molar-refractivity contribution in [3.63, 3.8) is 0 Å². The highest BCUT2D eigenvalue weighted by Gasteiger charge is 2.32. The largest absolute Gasteiger partial charge is 0.405 e. The van der Waals surface area contributed by atoms with Gasteiger partial charge in [-0.05, 0) is 26.0 Å². The van der Waals surface area contributed by atoms with Crippen LogP contribution < -0.4 is 4.90 Å². The molecule has 0 fully saturated rings. The number of aliphatic hydroxyl groups is 1. The lowest BCUT2D eigenvalue weighted by Crippen LogP contribution is -2.39. The predicted octanol–water partition coefficient (Wildman–Crippen LogP) is 3.50. The molecule has 2 rings (SSSR count). The van der Waals surface area contributed by atoms with Crippen LogP contribution >= 0.6 is 0 Å². The van der Waals surface area contributed by atoms with E-state index in [1.54, 1.807) is 38.1 Å². The number of aromatic nitrogens is 1. The number of alkyl halides is 3. The molecule has 0 aliphatic carbocycles. The Kier molecular flexibility index (Phi) is 4.37. The molecule has 6 heteroatoms. The fourth-order valence-electron chi connectivity index (χ4n) is 2.27. The Labute approximate surface area is 121 Å². The number of para-hydroxylation sites is 1. The van der Waals surface area contributed by atoms with E-state index in [0.29, 0.717) is 22.3 Å². The number of hydrogen-bond acceptors (Lipinski definition) is 3. The van der Waals surface area contributed by atoms with Gasteiger partial charge in [-0.25, -0.2) is 0 Å². The zero-order chi connectivity index (χ0) is 15.6. The van der Waals surface area contributed by atoms with E-state index in [2.05, 4.69) is 4.98 Å². The molecule has 0 saturated carbocycles. The first-order chi connectivity index (χ1) is 9.81. The van der Waals surface area contributed by atoms with Crippen LogP contribution in [-0.4, -0.2) is 28.9 Å². The summed E-state index contributed by atoms with van der Waals surface area (Å²) in [5.74, 6) is 0. The molecule has 0 spiro atoms. The second-order valence-corrected chi connectivity index (χ2v) is 5.14. The third-order valence-electron chi connectivity index (χ3n) is 3.19. The second kappa shape index (κ2) is 5.89. The molecule has 0 atom stereocenters. The van der Waals surface area contributed by atoms with E-state index in [0.717, 1.165) is 0 Å². The number of hydrogen-bond donors (Lipinski definition) is 1. The molecule has 1 N–H and O–H groups in total. The van der Waals surface area contributed by atoms with Gasteiger partial charge in [-0.3, -0.25) is 4.98 Å². The van der Waals surface area contributed by atoms with Crippen LogP contribution in [0.1, 0.15) is 19.5 Å². The fraction of sp³-hybridized carbons (Fsp3) is 0.400. The quantitative estimate of drug-likeness (QED) is 0.938. The van der Waals surface area contributed by atoms with E-state index < -0.39 is 12.7 Å². The Balaban J connectivity index is 2.60. The van der Waals surface area contributed by atoms with Crippen molar-refractivity contribution in [2.75, 3.05) is 11.4 Å². The number of fused-ring (bicyclic) bond motifs is 1. The third kappa shape index (κ3) is 3.64. The van der Waals surface area contributed by atoms with Gasteiger partial charge < -0.3 is 10.0 Å². The number of nitrogens with zero attached hydrogens (tertiary/aromatic N) is 2. The lowest BCUT2D eigenvalue weighted by molar-refractivity contribution is -0.120. The van der Waals surface area contributed by atoms with Crippen molar-refractivity contribution < 1.29 is 18.3 Å². The van der Waals surface area contributed by atoms with Gasteiger partial charge in [-0.15, -0.1) is 0 Å². The number of aliphatic hydroxyl groups excluding tert-OH is 1. The fourth-order valence-corrected chi connectivity index (χ4v) is 2.27. The summed E-state index contributed by atoms with van der Waals surface area (Å²) in [5.41, 5.74) is 1.38. The lowest BCUT2D eigenvalue weighted by atomic mass is 10.1. The first-order valence-electron chi connectivity index (χ1n) is 6.64. The summed E-state index contributed by atoms with van der Waals surface area (Å²) in [6.07, 6.45) is -4.30. The topological polar surface area (TPSA) is 36.4 Å². The van der Waals surface area contributed by atoms with Gasteiger partial charge in [0.25, 0.3) is 0 Å². The molecule has 21 heavy (non-hydrogen) atoms. The van der Waals surface area contributed by atoms with Gasteiger partial charge >= 0.3 is 6.18 Å². The Morgan fingerprint density at radius 3 is 2.48 bits per heavy atom. The van der Waals surface area contributed by atoms with Gasteiger partial charge in [0.15, 0.2) is 0 Å². The lowest BCUT2D eigenvalue weighted by Gasteiger charge is -2.31. The Bertz CT molecular complexity index is 626. The van der Waals surface area contributed by atoms with Crippen molar-refractivity contribution in [2.24, 2.45) is 0 Å². The summed E-state index contributed by atoms with van der Waals surface area (Å²) in [4.78, 5) is 5.52. The Hall–Kier alpha value is -1.82. The van der Waals surface area contributed by atoms with Gasteiger partial charge in [0.05, 0.1) is 17.8 Å². The molecule has 0 radical (unpaired) electrons. The molecule has 2 aromatic rings. The average molecular weight is 298 g/mol. The number of rotatable bonds is 4. The highest BCUT2D eigenvalue weighted by molar-refractivity contribution is 5.92. The van der Waals surface area contributed by atoms with Gasteiger partial charge in [-0.2, -0.15) is 13.2 Å². The van der Waals surface area contributed by atoms with E-state index in [1.807, 2.05) is 0 Å². The molecule has 0 amide bonds. The van der Waals surface area contributed by atoms with Gasteiger partial charge in [0, 0.05) is 17.1 Å². The van der Waals surface area contributed by atoms with Crippen molar-refractivity contribution in [3.05, 3.63) is 36.0 Å². The minimum absolute atomic E-state index is 0.310. The summed E-state index contributed by atoms with van der Waals surface area (Å²) in [6.45, 7) is 2.07. The van der Waals surface area contributed by atoms with Crippen LogP contribution in [-0.2, 0) is 6.61 Å². The predicted molar refractivity (Wildman–Crippen MR) is 76.2 cm³/mol. The summed E-state index contributed by atoms with van der Waals surface area (Å²) < 4.78 is 38.5. The minimum atomic E-state index is -4.30. The standard InChI is InChI=1S/C15H17F3N2O/c1-10(2)20(9-15(16,17)18)14-7-11(8-21)19-13-6-4-3-5-12(13)14/h3-7,10,21H,8-9H2,1-2H3. The summed E-state index contributed by atoms with van der Waals surface area (Å²) >= 11 is 0.